The second-order valence-electron chi connectivity index (χ2n) is 9.53. The largest absolute Gasteiger partial charge is 0.481 e. The van der Waals surface area contributed by atoms with E-state index < -0.39 is 18.1 Å². The van der Waals surface area contributed by atoms with E-state index >= 15 is 0 Å². The Balaban J connectivity index is 0.00000705. The number of anilines is 2. The molecule has 5 N–H and O–H groups in total. The number of rotatable bonds is 20. The number of carbonyl (C=O) groups excluding carboxylic acids is 1. The summed E-state index contributed by atoms with van der Waals surface area (Å²) in [6, 6.07) is -1.52. The van der Waals surface area contributed by atoms with Gasteiger partial charge in [0.05, 0.1) is 59.0 Å². The monoisotopic (exact) mass is 656 g/mol. The van der Waals surface area contributed by atoms with Gasteiger partial charge in [-0.1, -0.05) is 11.1 Å². The Bertz CT molecular complexity index is 1220. The number of nitrogens with one attached hydrogen (secondary N) is 1. The van der Waals surface area contributed by atoms with Gasteiger partial charge in [0.1, 0.15) is 18.3 Å². The lowest BCUT2D eigenvalue weighted by atomic mass is 10.1. The average molecular weight is 657 g/mol. The number of hydrogen-bond acceptors (Lipinski definition) is 15. The van der Waals surface area contributed by atoms with Gasteiger partial charge in [-0.15, -0.1) is 23.9 Å². The van der Waals surface area contributed by atoms with Crippen molar-refractivity contribution in [2.75, 3.05) is 96.3 Å². The smallest absolute Gasteiger partial charge is 0.322 e. The van der Waals surface area contributed by atoms with Crippen LogP contribution >= 0.6 is 12.4 Å². The third kappa shape index (κ3) is 12.2. The second kappa shape index (κ2) is 20.2. The first-order chi connectivity index (χ1) is 21.4. The van der Waals surface area contributed by atoms with Gasteiger partial charge in [0.25, 0.3) is 0 Å². The number of amides is 1. The van der Waals surface area contributed by atoms with Gasteiger partial charge in [0.15, 0.2) is 0 Å². The summed E-state index contributed by atoms with van der Waals surface area (Å²) < 4.78 is 22.6. The molecule has 1 unspecified atom stereocenters. The van der Waals surface area contributed by atoms with Crippen molar-refractivity contribution in [1.82, 2.24) is 34.8 Å². The maximum atomic E-state index is 13.5. The zero-order chi connectivity index (χ0) is 31.7. The van der Waals surface area contributed by atoms with Crippen LogP contribution in [0.4, 0.5) is 11.9 Å². The lowest BCUT2D eigenvalue weighted by Crippen LogP contribution is -2.51. The van der Waals surface area contributed by atoms with Crippen LogP contribution in [0.2, 0.25) is 0 Å². The summed E-state index contributed by atoms with van der Waals surface area (Å²) >= 11 is 0. The van der Waals surface area contributed by atoms with E-state index in [-0.39, 0.29) is 50.4 Å². The standard InChI is InChI=1S/C26H40N10O8.ClH/c1-3-11-42-13-15-44-16-14-43-12-6-28-24-29-25(31-26(30-24)41-2)35-9-7-34(8-10-35)23(40)21(4-5-22(38)39)36-17-20(32-33-36)19(27)18-37;/h1,17,19,21,37H,4-16,18,27H2,2H3,(H,38,39)(H,28,29,30,31);1H/t19?,21-;/m0./s1. The van der Waals surface area contributed by atoms with Crippen LogP contribution in [0, 0.1) is 12.3 Å². The molecule has 1 fully saturated rings. The summed E-state index contributed by atoms with van der Waals surface area (Å²) in [6.45, 7) is 3.95. The van der Waals surface area contributed by atoms with E-state index in [2.05, 4.69) is 36.5 Å². The molecule has 2 atom stereocenters. The highest BCUT2D eigenvalue weighted by atomic mass is 35.5. The number of aliphatic hydroxyl groups is 1. The lowest BCUT2D eigenvalue weighted by molar-refractivity contribution is -0.138. The number of hydrogen-bond donors (Lipinski definition) is 4. The molecule has 0 aliphatic carbocycles. The molecule has 0 spiro atoms. The van der Waals surface area contributed by atoms with Gasteiger partial charge in [-0.25, -0.2) is 4.68 Å². The Labute approximate surface area is 267 Å². The van der Waals surface area contributed by atoms with Gasteiger partial charge in [-0.2, -0.15) is 15.0 Å². The zero-order valence-corrected chi connectivity index (χ0v) is 25.9. The third-order valence-corrected chi connectivity index (χ3v) is 6.46. The van der Waals surface area contributed by atoms with Crippen LogP contribution in [0.15, 0.2) is 6.20 Å². The SMILES string of the molecule is C#CCOCCOCCOCCNc1nc(OC)nc(N2CCN(C(=O)[C@H](CCC(=O)O)n3cc(C(N)CO)nn3)CC2)n1.Cl. The molecule has 0 bridgehead atoms. The van der Waals surface area contributed by atoms with Gasteiger partial charge >= 0.3 is 12.0 Å². The Kier molecular flexibility index (Phi) is 16.8. The van der Waals surface area contributed by atoms with Crippen LogP contribution in [0.3, 0.4) is 0 Å². The molecule has 1 amide bonds. The van der Waals surface area contributed by atoms with Crippen LogP contribution in [0.5, 0.6) is 6.01 Å². The Morgan fingerprint density at radius 1 is 1.09 bits per heavy atom. The summed E-state index contributed by atoms with van der Waals surface area (Å²) in [7, 11) is 1.46. The molecule has 3 heterocycles. The highest BCUT2D eigenvalue weighted by Gasteiger charge is 2.31. The summed E-state index contributed by atoms with van der Waals surface area (Å²) in [4.78, 5) is 41.4. The number of carboxylic acids is 1. The number of aliphatic hydroxyl groups excluding tert-OH is 1. The van der Waals surface area contributed by atoms with Crippen LogP contribution in [0.1, 0.15) is 30.6 Å². The van der Waals surface area contributed by atoms with Gasteiger partial charge in [-0.05, 0) is 6.42 Å². The highest BCUT2D eigenvalue weighted by molar-refractivity contribution is 5.85. The molecule has 3 rings (SSSR count). The zero-order valence-electron chi connectivity index (χ0n) is 25.1. The average Bonchev–Trinajstić information content (AvgIpc) is 3.53. The van der Waals surface area contributed by atoms with Crippen molar-refractivity contribution in [3.63, 3.8) is 0 Å². The van der Waals surface area contributed by atoms with Gasteiger partial charge < -0.3 is 50.0 Å². The van der Waals surface area contributed by atoms with Crippen molar-refractivity contribution in [3.05, 3.63) is 11.9 Å². The molecule has 2 aromatic heterocycles. The number of nitrogens with two attached hydrogens (primary N) is 1. The fraction of sp³-hybridized carbons (Fsp3) is 0.654. The van der Waals surface area contributed by atoms with Gasteiger partial charge in [0, 0.05) is 39.1 Å². The Morgan fingerprint density at radius 2 is 1.78 bits per heavy atom. The van der Waals surface area contributed by atoms with Crippen LogP contribution < -0.4 is 20.7 Å². The molecule has 19 heteroatoms. The number of ether oxygens (including phenoxy) is 4. The molecular formula is C26H41ClN10O8. The van der Waals surface area contributed by atoms with E-state index in [4.69, 9.17) is 31.1 Å². The summed E-state index contributed by atoms with van der Waals surface area (Å²) in [5, 5.41) is 29.5. The maximum absolute atomic E-state index is 13.5. The number of methoxy groups -OCH3 is 1. The quantitative estimate of drug-likeness (QED) is 0.0963. The first kappa shape index (κ1) is 37.3. The van der Waals surface area contributed by atoms with E-state index in [0.29, 0.717) is 83.3 Å². The van der Waals surface area contributed by atoms with E-state index in [1.54, 1.807) is 4.90 Å². The summed E-state index contributed by atoms with van der Waals surface area (Å²) in [6.07, 6.45) is 6.35. The van der Waals surface area contributed by atoms with Crippen molar-refractivity contribution >= 4 is 36.2 Å². The normalized spacial score (nSPS) is 14.3. The number of terminal acetylenes is 1. The predicted octanol–water partition coefficient (Wildman–Crippen LogP) is -1.26. The number of carbonyl (C=O) groups is 2. The summed E-state index contributed by atoms with van der Waals surface area (Å²) in [5.41, 5.74) is 6.12. The molecular weight excluding hydrogens is 616 g/mol. The van der Waals surface area contributed by atoms with Crippen molar-refractivity contribution in [3.8, 4) is 18.4 Å². The van der Waals surface area contributed by atoms with Crippen molar-refractivity contribution in [2.45, 2.75) is 24.9 Å². The fourth-order valence-electron chi connectivity index (χ4n) is 4.14. The minimum atomic E-state index is -1.04. The molecule has 0 radical (unpaired) electrons. The molecule has 1 aliphatic heterocycles. The number of piperazine rings is 1. The van der Waals surface area contributed by atoms with Crippen molar-refractivity contribution in [2.24, 2.45) is 5.73 Å². The minimum absolute atomic E-state index is 0. The fourth-order valence-corrected chi connectivity index (χ4v) is 4.14. The topological polar surface area (TPSA) is 225 Å². The number of aromatic nitrogens is 6. The number of aliphatic carboxylic acids is 1. The number of halogens is 1. The highest BCUT2D eigenvalue weighted by Crippen LogP contribution is 2.21. The van der Waals surface area contributed by atoms with Crippen LogP contribution in [0.25, 0.3) is 0 Å². The molecule has 2 aromatic rings. The molecule has 1 aliphatic rings. The first-order valence-electron chi connectivity index (χ1n) is 14.1. The Hall–Kier alpha value is -3.86. The van der Waals surface area contributed by atoms with E-state index in [1.165, 1.54) is 18.0 Å². The van der Waals surface area contributed by atoms with E-state index in [0.717, 1.165) is 0 Å². The van der Waals surface area contributed by atoms with Gasteiger partial charge in [-0.3, -0.25) is 9.59 Å². The molecule has 250 valence electrons. The first-order valence-corrected chi connectivity index (χ1v) is 14.1. The van der Waals surface area contributed by atoms with E-state index in [9.17, 15) is 19.8 Å². The van der Waals surface area contributed by atoms with Crippen molar-refractivity contribution < 1.29 is 38.7 Å². The molecule has 0 saturated carbocycles. The van der Waals surface area contributed by atoms with Crippen molar-refractivity contribution in [1.29, 1.82) is 0 Å². The summed E-state index contributed by atoms with van der Waals surface area (Å²) in [5.74, 6) is 1.75. The second-order valence-corrected chi connectivity index (χ2v) is 9.53. The Morgan fingerprint density at radius 3 is 2.42 bits per heavy atom. The number of nitrogens with zero attached hydrogens (tertiary/aromatic N) is 8. The number of carboxylic acid groups (broad SMARTS) is 1. The third-order valence-electron chi connectivity index (χ3n) is 6.46. The predicted molar refractivity (Wildman–Crippen MR) is 162 cm³/mol. The van der Waals surface area contributed by atoms with E-state index in [1.807, 2.05) is 4.90 Å². The lowest BCUT2D eigenvalue weighted by Gasteiger charge is -2.36. The molecule has 1 saturated heterocycles. The van der Waals surface area contributed by atoms with Crippen LogP contribution in [-0.2, 0) is 23.8 Å². The molecule has 45 heavy (non-hydrogen) atoms. The maximum Gasteiger partial charge on any atom is 0.322 e. The van der Waals surface area contributed by atoms with Gasteiger partial charge in [0.2, 0.25) is 17.8 Å². The minimum Gasteiger partial charge on any atom is -0.481 e. The van der Waals surface area contributed by atoms with Crippen LogP contribution in [-0.4, -0.2) is 143 Å². The molecule has 0 aromatic carbocycles. The molecule has 18 nitrogen and oxygen atoms in total.